The van der Waals surface area contributed by atoms with E-state index in [1.807, 2.05) is 0 Å². The molecule has 1 saturated carbocycles. The Bertz CT molecular complexity index is 217. The second-order valence-electron chi connectivity index (χ2n) is 6.27. The average molecular weight is 224 g/mol. The minimum atomic E-state index is 0.698. The van der Waals surface area contributed by atoms with Crippen molar-refractivity contribution in [3.05, 3.63) is 0 Å². The number of nitrogens with zero attached hydrogens (tertiary/aromatic N) is 1. The summed E-state index contributed by atoms with van der Waals surface area (Å²) in [6.07, 6.45) is 5.64. The molecule has 1 N–H and O–H groups in total. The van der Waals surface area contributed by atoms with E-state index < -0.39 is 0 Å². The molecule has 94 valence electrons. The van der Waals surface area contributed by atoms with Crippen LogP contribution < -0.4 is 5.32 Å². The van der Waals surface area contributed by atoms with Crippen LogP contribution in [0.2, 0.25) is 0 Å². The molecular formula is C14H28N2. The fourth-order valence-electron chi connectivity index (χ4n) is 3.26. The first-order valence-electron chi connectivity index (χ1n) is 7.12. The Morgan fingerprint density at radius 3 is 2.50 bits per heavy atom. The first-order valence-corrected chi connectivity index (χ1v) is 7.12. The highest BCUT2D eigenvalue weighted by atomic mass is 15.2. The minimum Gasteiger partial charge on any atom is -0.314 e. The fourth-order valence-corrected chi connectivity index (χ4v) is 3.26. The van der Waals surface area contributed by atoms with Crippen molar-refractivity contribution in [1.82, 2.24) is 10.2 Å². The van der Waals surface area contributed by atoms with Crippen LogP contribution in [0.1, 0.15) is 46.5 Å². The molecule has 2 heteroatoms. The molecule has 1 aliphatic carbocycles. The quantitative estimate of drug-likeness (QED) is 0.736. The lowest BCUT2D eigenvalue weighted by Crippen LogP contribution is -2.45. The first-order chi connectivity index (χ1) is 7.65. The predicted octanol–water partition coefficient (Wildman–Crippen LogP) is 2.49. The van der Waals surface area contributed by atoms with E-state index >= 15 is 0 Å². The standard InChI is InChI=1S/C14H28N2/c1-11-4-5-14(8-11)16-7-6-13(3)15-9-12(2)10-16/h11-15H,4-10H2,1-3H3. The lowest BCUT2D eigenvalue weighted by molar-refractivity contribution is 0.147. The average Bonchev–Trinajstić information content (AvgIpc) is 2.65. The third-order valence-electron chi connectivity index (χ3n) is 4.39. The Balaban J connectivity index is 1.91. The van der Waals surface area contributed by atoms with Gasteiger partial charge in [-0.1, -0.05) is 13.8 Å². The van der Waals surface area contributed by atoms with E-state index in [2.05, 4.69) is 31.0 Å². The molecule has 0 radical (unpaired) electrons. The number of hydrogen-bond acceptors (Lipinski definition) is 2. The molecule has 2 nitrogen and oxygen atoms in total. The number of rotatable bonds is 1. The molecule has 16 heavy (non-hydrogen) atoms. The molecule has 0 aromatic heterocycles. The third-order valence-corrected chi connectivity index (χ3v) is 4.39. The summed E-state index contributed by atoms with van der Waals surface area (Å²) >= 11 is 0. The van der Waals surface area contributed by atoms with E-state index in [4.69, 9.17) is 0 Å². The Kier molecular flexibility index (Phi) is 4.26. The zero-order valence-electron chi connectivity index (χ0n) is 11.2. The molecule has 1 saturated heterocycles. The molecule has 2 fully saturated rings. The van der Waals surface area contributed by atoms with Crippen LogP contribution in [0, 0.1) is 11.8 Å². The second-order valence-corrected chi connectivity index (χ2v) is 6.27. The van der Waals surface area contributed by atoms with E-state index in [1.54, 1.807) is 0 Å². The van der Waals surface area contributed by atoms with Gasteiger partial charge in [0.2, 0.25) is 0 Å². The molecule has 0 spiro atoms. The van der Waals surface area contributed by atoms with Gasteiger partial charge in [0.15, 0.2) is 0 Å². The summed E-state index contributed by atoms with van der Waals surface area (Å²) in [5.74, 6) is 1.76. The summed E-state index contributed by atoms with van der Waals surface area (Å²) in [4.78, 5) is 2.78. The fraction of sp³-hybridized carbons (Fsp3) is 1.00. The Hall–Kier alpha value is -0.0800. The van der Waals surface area contributed by atoms with Crippen LogP contribution in [-0.4, -0.2) is 36.6 Å². The maximum atomic E-state index is 3.63. The van der Waals surface area contributed by atoms with Crippen molar-refractivity contribution in [2.45, 2.75) is 58.5 Å². The highest BCUT2D eigenvalue weighted by Crippen LogP contribution is 2.29. The van der Waals surface area contributed by atoms with Gasteiger partial charge in [0.25, 0.3) is 0 Å². The summed E-state index contributed by atoms with van der Waals surface area (Å²) in [6, 6.07) is 1.59. The monoisotopic (exact) mass is 224 g/mol. The minimum absolute atomic E-state index is 0.698. The highest BCUT2D eigenvalue weighted by molar-refractivity contribution is 4.84. The van der Waals surface area contributed by atoms with Crippen LogP contribution in [0.15, 0.2) is 0 Å². The molecular weight excluding hydrogens is 196 g/mol. The largest absolute Gasteiger partial charge is 0.314 e. The molecule has 1 heterocycles. The first kappa shape index (κ1) is 12.4. The van der Waals surface area contributed by atoms with Gasteiger partial charge in [-0.05, 0) is 57.5 Å². The summed E-state index contributed by atoms with van der Waals surface area (Å²) in [5, 5.41) is 3.63. The molecule has 0 bridgehead atoms. The van der Waals surface area contributed by atoms with Gasteiger partial charge in [0.1, 0.15) is 0 Å². The molecule has 1 aliphatic heterocycles. The number of nitrogens with one attached hydrogen (secondary N) is 1. The second kappa shape index (κ2) is 5.50. The normalized spacial score (nSPS) is 42.9. The SMILES string of the molecule is CC1CCC(N2CCC(C)NCC(C)C2)C1. The van der Waals surface area contributed by atoms with Crippen molar-refractivity contribution >= 4 is 0 Å². The third kappa shape index (κ3) is 3.21. The van der Waals surface area contributed by atoms with Gasteiger partial charge in [-0.15, -0.1) is 0 Å². The summed E-state index contributed by atoms with van der Waals surface area (Å²) in [7, 11) is 0. The Morgan fingerprint density at radius 2 is 1.81 bits per heavy atom. The van der Waals surface area contributed by atoms with Crippen molar-refractivity contribution in [3.8, 4) is 0 Å². The van der Waals surface area contributed by atoms with Gasteiger partial charge in [-0.3, -0.25) is 0 Å². The van der Waals surface area contributed by atoms with E-state index in [0.29, 0.717) is 6.04 Å². The maximum Gasteiger partial charge on any atom is 0.00980 e. The summed E-state index contributed by atoms with van der Waals surface area (Å²) in [5.41, 5.74) is 0. The zero-order chi connectivity index (χ0) is 11.5. The van der Waals surface area contributed by atoms with Gasteiger partial charge < -0.3 is 10.2 Å². The lowest BCUT2D eigenvalue weighted by Gasteiger charge is -2.35. The highest BCUT2D eigenvalue weighted by Gasteiger charge is 2.28. The van der Waals surface area contributed by atoms with Crippen LogP contribution in [0.25, 0.3) is 0 Å². The van der Waals surface area contributed by atoms with Crippen LogP contribution in [0.3, 0.4) is 0 Å². The van der Waals surface area contributed by atoms with Gasteiger partial charge in [-0.25, -0.2) is 0 Å². The van der Waals surface area contributed by atoms with Crippen molar-refractivity contribution in [3.63, 3.8) is 0 Å². The van der Waals surface area contributed by atoms with E-state index in [1.165, 1.54) is 45.3 Å². The van der Waals surface area contributed by atoms with Gasteiger partial charge in [0.05, 0.1) is 0 Å². The lowest BCUT2D eigenvalue weighted by atomic mass is 10.0. The summed E-state index contributed by atoms with van der Waals surface area (Å²) in [6.45, 7) is 10.9. The van der Waals surface area contributed by atoms with Gasteiger partial charge >= 0.3 is 0 Å². The van der Waals surface area contributed by atoms with Crippen molar-refractivity contribution < 1.29 is 0 Å². The topological polar surface area (TPSA) is 15.3 Å². The van der Waals surface area contributed by atoms with Crippen LogP contribution in [0.5, 0.6) is 0 Å². The van der Waals surface area contributed by atoms with E-state index in [0.717, 1.165) is 17.9 Å². The predicted molar refractivity (Wildman–Crippen MR) is 69.6 cm³/mol. The zero-order valence-corrected chi connectivity index (χ0v) is 11.2. The van der Waals surface area contributed by atoms with Crippen LogP contribution in [-0.2, 0) is 0 Å². The molecule has 2 rings (SSSR count). The van der Waals surface area contributed by atoms with Crippen LogP contribution in [0.4, 0.5) is 0 Å². The van der Waals surface area contributed by atoms with Gasteiger partial charge in [-0.2, -0.15) is 0 Å². The van der Waals surface area contributed by atoms with Gasteiger partial charge in [0, 0.05) is 18.6 Å². The number of hydrogen-bond donors (Lipinski definition) is 1. The molecule has 0 amide bonds. The molecule has 0 aromatic rings. The smallest absolute Gasteiger partial charge is 0.00980 e. The summed E-state index contributed by atoms with van der Waals surface area (Å²) < 4.78 is 0. The van der Waals surface area contributed by atoms with Crippen LogP contribution >= 0.6 is 0 Å². The molecule has 0 aromatic carbocycles. The Morgan fingerprint density at radius 1 is 1.00 bits per heavy atom. The van der Waals surface area contributed by atoms with E-state index in [-0.39, 0.29) is 0 Å². The molecule has 4 unspecified atom stereocenters. The Labute approximate surface area is 101 Å². The van der Waals surface area contributed by atoms with Crippen molar-refractivity contribution in [1.29, 1.82) is 0 Å². The maximum absolute atomic E-state index is 3.63. The molecule has 4 atom stereocenters. The molecule has 2 aliphatic rings. The van der Waals surface area contributed by atoms with Crippen molar-refractivity contribution in [2.24, 2.45) is 11.8 Å². The van der Waals surface area contributed by atoms with Crippen molar-refractivity contribution in [2.75, 3.05) is 19.6 Å². The van der Waals surface area contributed by atoms with E-state index in [9.17, 15) is 0 Å².